The van der Waals surface area contributed by atoms with Crippen LogP contribution in [0.15, 0.2) is 48.8 Å². The van der Waals surface area contributed by atoms with Crippen molar-refractivity contribution < 1.29 is 13.2 Å². The van der Waals surface area contributed by atoms with E-state index in [9.17, 15) is 13.2 Å². The van der Waals surface area contributed by atoms with Crippen LogP contribution in [0.4, 0.5) is 0 Å². The number of sulfonamides is 1. The molecule has 148 valence electrons. The van der Waals surface area contributed by atoms with Crippen LogP contribution < -0.4 is 0 Å². The molecule has 0 saturated carbocycles. The van der Waals surface area contributed by atoms with Gasteiger partial charge in [-0.05, 0) is 36.8 Å². The van der Waals surface area contributed by atoms with E-state index < -0.39 is 15.3 Å². The van der Waals surface area contributed by atoms with Gasteiger partial charge in [-0.1, -0.05) is 30.3 Å². The molecule has 1 amide bonds. The van der Waals surface area contributed by atoms with E-state index in [0.717, 1.165) is 12.0 Å². The molecule has 2 aliphatic rings. The van der Waals surface area contributed by atoms with Gasteiger partial charge in [-0.3, -0.25) is 4.79 Å². The number of carbonyl (C=O) groups excluding carboxylic acids is 1. The van der Waals surface area contributed by atoms with Gasteiger partial charge in [0.1, 0.15) is 0 Å². The molecule has 4 rings (SSSR count). The van der Waals surface area contributed by atoms with Crippen molar-refractivity contribution in [3.63, 3.8) is 0 Å². The minimum Gasteiger partial charge on any atom is -0.339 e. The van der Waals surface area contributed by atoms with Crippen molar-refractivity contribution in [1.82, 2.24) is 19.4 Å². The van der Waals surface area contributed by atoms with Gasteiger partial charge in [0, 0.05) is 26.2 Å². The summed E-state index contributed by atoms with van der Waals surface area (Å²) in [6.45, 7) is 2.10. The first-order chi connectivity index (χ1) is 13.6. The molecule has 2 saturated heterocycles. The maximum atomic E-state index is 13.1. The van der Waals surface area contributed by atoms with E-state index in [1.807, 2.05) is 30.3 Å². The molecule has 0 N–H and O–H groups in total. The summed E-state index contributed by atoms with van der Waals surface area (Å²) < 4.78 is 27.8. The zero-order valence-electron chi connectivity index (χ0n) is 15.6. The summed E-state index contributed by atoms with van der Waals surface area (Å²) >= 11 is 0. The van der Waals surface area contributed by atoms with E-state index in [0.29, 0.717) is 44.6 Å². The quantitative estimate of drug-likeness (QED) is 0.778. The molecule has 2 aliphatic heterocycles. The second-order valence-electron chi connectivity index (χ2n) is 7.44. The third-order valence-corrected chi connectivity index (χ3v) is 8.21. The van der Waals surface area contributed by atoms with Crippen LogP contribution in [-0.4, -0.2) is 65.2 Å². The van der Waals surface area contributed by atoms with Crippen molar-refractivity contribution in [2.24, 2.45) is 5.92 Å². The van der Waals surface area contributed by atoms with E-state index >= 15 is 0 Å². The molecule has 0 spiro atoms. The summed E-state index contributed by atoms with van der Waals surface area (Å²) in [7, 11) is -3.32. The topological polar surface area (TPSA) is 83.5 Å². The summed E-state index contributed by atoms with van der Waals surface area (Å²) in [5.41, 5.74) is 1.64. The maximum Gasteiger partial charge on any atom is 0.255 e. The molecule has 0 radical (unpaired) electrons. The highest BCUT2D eigenvalue weighted by molar-refractivity contribution is 7.90. The summed E-state index contributed by atoms with van der Waals surface area (Å²) in [6, 6.07) is 11.6. The van der Waals surface area contributed by atoms with Crippen molar-refractivity contribution in [3.8, 4) is 0 Å². The molecule has 8 heteroatoms. The standard InChI is InChI=1S/C20H24N4O3S/c25-20(17-6-10-21-22-14-17)23-11-8-18-15-24(28(26,27)19(18)9-12-23)13-7-16-4-2-1-3-5-16/h1-6,10,14,18-19H,7-9,11-13,15H2/t18-,19-/m1/s1. The van der Waals surface area contributed by atoms with E-state index in [4.69, 9.17) is 0 Å². The Morgan fingerprint density at radius 1 is 1.07 bits per heavy atom. The average molecular weight is 401 g/mol. The second-order valence-corrected chi connectivity index (χ2v) is 9.59. The van der Waals surface area contributed by atoms with Crippen molar-refractivity contribution in [2.75, 3.05) is 26.2 Å². The summed E-state index contributed by atoms with van der Waals surface area (Å²) in [4.78, 5) is 14.4. The predicted molar refractivity (Wildman–Crippen MR) is 105 cm³/mol. The summed E-state index contributed by atoms with van der Waals surface area (Å²) in [6.07, 6.45) is 4.86. The summed E-state index contributed by atoms with van der Waals surface area (Å²) in [5.74, 6) is -0.0256. The first-order valence-electron chi connectivity index (χ1n) is 9.64. The van der Waals surface area contributed by atoms with Crippen LogP contribution in [0.3, 0.4) is 0 Å². The second kappa shape index (κ2) is 7.97. The van der Waals surface area contributed by atoms with Gasteiger partial charge in [-0.2, -0.15) is 10.2 Å². The number of hydrogen-bond donors (Lipinski definition) is 0. The van der Waals surface area contributed by atoms with Gasteiger partial charge in [0.2, 0.25) is 10.0 Å². The number of rotatable bonds is 4. The zero-order chi connectivity index (χ0) is 19.6. The van der Waals surface area contributed by atoms with Gasteiger partial charge in [-0.25, -0.2) is 12.7 Å². The normalized spacial score (nSPS) is 24.5. The van der Waals surface area contributed by atoms with Gasteiger partial charge in [0.15, 0.2) is 0 Å². The fourth-order valence-corrected chi connectivity index (χ4v) is 6.46. The van der Waals surface area contributed by atoms with Gasteiger partial charge < -0.3 is 4.90 Å². The van der Waals surface area contributed by atoms with E-state index in [1.165, 1.54) is 12.4 Å². The molecule has 2 atom stereocenters. The van der Waals surface area contributed by atoms with E-state index in [2.05, 4.69) is 10.2 Å². The molecule has 3 heterocycles. The molecule has 7 nitrogen and oxygen atoms in total. The number of likely N-dealkylation sites (tertiary alicyclic amines) is 1. The maximum absolute atomic E-state index is 13.1. The Hall–Kier alpha value is -2.32. The van der Waals surface area contributed by atoms with Crippen LogP contribution in [0.25, 0.3) is 0 Å². The fraction of sp³-hybridized carbons (Fsp3) is 0.450. The molecule has 0 aliphatic carbocycles. The van der Waals surface area contributed by atoms with Gasteiger partial charge in [0.05, 0.1) is 23.2 Å². The Labute approximate surface area is 165 Å². The third kappa shape index (κ3) is 3.79. The highest BCUT2D eigenvalue weighted by Gasteiger charge is 2.46. The predicted octanol–water partition coefficient (Wildman–Crippen LogP) is 1.59. The van der Waals surface area contributed by atoms with E-state index in [1.54, 1.807) is 15.3 Å². The number of hydrogen-bond acceptors (Lipinski definition) is 5. The lowest BCUT2D eigenvalue weighted by molar-refractivity contribution is 0.0758. The molecule has 0 bridgehead atoms. The lowest BCUT2D eigenvalue weighted by Gasteiger charge is -2.22. The highest BCUT2D eigenvalue weighted by Crippen LogP contribution is 2.34. The Morgan fingerprint density at radius 2 is 1.86 bits per heavy atom. The Bertz CT molecular complexity index is 921. The molecule has 28 heavy (non-hydrogen) atoms. The Morgan fingerprint density at radius 3 is 2.61 bits per heavy atom. The smallest absolute Gasteiger partial charge is 0.255 e. The SMILES string of the molecule is O=C(c1ccnnc1)N1CC[C@@H]2CN(CCc3ccccc3)S(=O)(=O)[C@@H]2CC1. The van der Waals surface area contributed by atoms with Gasteiger partial charge >= 0.3 is 0 Å². The largest absolute Gasteiger partial charge is 0.339 e. The molecular formula is C20H24N4O3S. The number of carbonyl (C=O) groups is 1. The fourth-order valence-electron chi connectivity index (χ4n) is 4.22. The van der Waals surface area contributed by atoms with Crippen LogP contribution in [0.1, 0.15) is 28.8 Å². The Kier molecular flexibility index (Phi) is 5.41. The molecule has 2 fully saturated rings. The Balaban J connectivity index is 1.41. The van der Waals surface area contributed by atoms with Crippen molar-refractivity contribution in [2.45, 2.75) is 24.5 Å². The van der Waals surface area contributed by atoms with Crippen LogP contribution in [0, 0.1) is 5.92 Å². The number of nitrogens with zero attached hydrogens (tertiary/aromatic N) is 4. The number of fused-ring (bicyclic) bond motifs is 1. The van der Waals surface area contributed by atoms with Crippen molar-refractivity contribution >= 4 is 15.9 Å². The third-order valence-electron chi connectivity index (χ3n) is 5.77. The monoisotopic (exact) mass is 400 g/mol. The molecule has 1 aromatic carbocycles. The lowest BCUT2D eigenvalue weighted by atomic mass is 10.0. The van der Waals surface area contributed by atoms with Crippen LogP contribution in [0.5, 0.6) is 0 Å². The number of amides is 1. The molecule has 1 aromatic heterocycles. The number of aromatic nitrogens is 2. The van der Waals surface area contributed by atoms with Gasteiger partial charge in [0.25, 0.3) is 5.91 Å². The van der Waals surface area contributed by atoms with Crippen molar-refractivity contribution in [1.29, 1.82) is 0 Å². The summed E-state index contributed by atoms with van der Waals surface area (Å²) in [5, 5.41) is 7.07. The number of benzene rings is 1. The first-order valence-corrected chi connectivity index (χ1v) is 11.1. The van der Waals surface area contributed by atoms with Crippen molar-refractivity contribution in [3.05, 3.63) is 59.9 Å². The van der Waals surface area contributed by atoms with Gasteiger partial charge in [-0.15, -0.1) is 0 Å². The van der Waals surface area contributed by atoms with Crippen LogP contribution >= 0.6 is 0 Å². The zero-order valence-corrected chi connectivity index (χ0v) is 16.5. The average Bonchev–Trinajstić information content (AvgIpc) is 2.86. The highest BCUT2D eigenvalue weighted by atomic mass is 32.2. The lowest BCUT2D eigenvalue weighted by Crippen LogP contribution is -2.35. The van der Waals surface area contributed by atoms with E-state index in [-0.39, 0.29) is 11.8 Å². The minimum atomic E-state index is -3.32. The van der Waals surface area contributed by atoms with Crippen LogP contribution in [-0.2, 0) is 16.4 Å². The molecular weight excluding hydrogens is 376 g/mol. The molecule has 0 unspecified atom stereocenters. The first kappa shape index (κ1) is 19.0. The van der Waals surface area contributed by atoms with Crippen LogP contribution in [0.2, 0.25) is 0 Å². The molecule has 2 aromatic rings. The minimum absolute atomic E-state index is 0.0779.